The standard InChI is InChI=1S/C14H13Br2NO3/c15-11-7-4-8(12(11)16)10-9(7)13(18)17(14(10)19)5-6-2-1-3-20-6/h1-3,7-12H,4-5H2/t7-,8+,9-,10+,11-,12+. The molecule has 1 aromatic rings. The van der Waals surface area contributed by atoms with Gasteiger partial charge in [0.1, 0.15) is 5.76 Å². The van der Waals surface area contributed by atoms with E-state index in [1.165, 1.54) is 4.90 Å². The smallest absolute Gasteiger partial charge is 0.233 e. The maximum absolute atomic E-state index is 12.6. The van der Waals surface area contributed by atoms with E-state index in [9.17, 15) is 9.59 Å². The highest BCUT2D eigenvalue weighted by Crippen LogP contribution is 2.60. The minimum Gasteiger partial charge on any atom is -0.467 e. The molecule has 1 aliphatic heterocycles. The molecule has 2 heterocycles. The second-order valence-electron chi connectivity index (χ2n) is 5.85. The van der Waals surface area contributed by atoms with E-state index < -0.39 is 0 Å². The summed E-state index contributed by atoms with van der Waals surface area (Å²) in [7, 11) is 0. The zero-order valence-corrected chi connectivity index (χ0v) is 13.7. The van der Waals surface area contributed by atoms with Crippen molar-refractivity contribution in [3.63, 3.8) is 0 Å². The first-order valence-corrected chi connectivity index (χ1v) is 8.58. The summed E-state index contributed by atoms with van der Waals surface area (Å²) in [6, 6.07) is 3.57. The number of alkyl halides is 2. The van der Waals surface area contributed by atoms with E-state index in [1.54, 1.807) is 18.4 Å². The monoisotopic (exact) mass is 401 g/mol. The topological polar surface area (TPSA) is 50.5 Å². The van der Waals surface area contributed by atoms with Gasteiger partial charge in [-0.1, -0.05) is 31.9 Å². The highest BCUT2D eigenvalue weighted by atomic mass is 79.9. The molecule has 2 amide bonds. The van der Waals surface area contributed by atoms with Gasteiger partial charge in [-0.05, 0) is 30.4 Å². The van der Waals surface area contributed by atoms with Crippen molar-refractivity contribution in [3.05, 3.63) is 24.2 Å². The molecule has 2 aliphatic carbocycles. The molecule has 106 valence electrons. The van der Waals surface area contributed by atoms with Gasteiger partial charge in [-0.15, -0.1) is 0 Å². The van der Waals surface area contributed by atoms with Gasteiger partial charge in [-0.2, -0.15) is 0 Å². The Bertz CT molecular complexity index is 541. The number of halogens is 2. The van der Waals surface area contributed by atoms with Crippen molar-refractivity contribution >= 4 is 43.7 Å². The number of furan rings is 1. The quantitative estimate of drug-likeness (QED) is 0.564. The number of carbonyl (C=O) groups is 2. The van der Waals surface area contributed by atoms with Gasteiger partial charge >= 0.3 is 0 Å². The van der Waals surface area contributed by atoms with Crippen molar-refractivity contribution in [2.45, 2.75) is 22.6 Å². The number of likely N-dealkylation sites (tertiary alicyclic amines) is 1. The van der Waals surface area contributed by atoms with Crippen LogP contribution in [0.2, 0.25) is 0 Å². The zero-order valence-electron chi connectivity index (χ0n) is 10.5. The van der Waals surface area contributed by atoms with Crippen LogP contribution in [0.25, 0.3) is 0 Å². The summed E-state index contributed by atoms with van der Waals surface area (Å²) < 4.78 is 5.26. The molecule has 0 radical (unpaired) electrons. The first kappa shape index (κ1) is 13.1. The lowest BCUT2D eigenvalue weighted by Crippen LogP contribution is -2.37. The number of amides is 2. The van der Waals surface area contributed by atoms with E-state index in [4.69, 9.17) is 4.42 Å². The second kappa shape index (κ2) is 4.44. The lowest BCUT2D eigenvalue weighted by Gasteiger charge is -2.28. The minimum atomic E-state index is -0.138. The van der Waals surface area contributed by atoms with Crippen molar-refractivity contribution in [1.29, 1.82) is 0 Å². The summed E-state index contributed by atoms with van der Waals surface area (Å²) in [5.74, 6) is 0.881. The van der Waals surface area contributed by atoms with Crippen molar-refractivity contribution in [2.24, 2.45) is 23.7 Å². The van der Waals surface area contributed by atoms with Gasteiger partial charge in [-0.25, -0.2) is 0 Å². The summed E-state index contributed by atoms with van der Waals surface area (Å²) >= 11 is 7.36. The van der Waals surface area contributed by atoms with Crippen LogP contribution in [0.15, 0.2) is 22.8 Å². The predicted molar refractivity (Wildman–Crippen MR) is 78.3 cm³/mol. The molecule has 4 rings (SSSR count). The van der Waals surface area contributed by atoms with E-state index in [1.807, 2.05) is 0 Å². The molecule has 4 nitrogen and oxygen atoms in total. The lowest BCUT2D eigenvalue weighted by atomic mass is 9.81. The fourth-order valence-corrected chi connectivity index (χ4v) is 6.00. The predicted octanol–water partition coefficient (Wildman–Crippen LogP) is 2.56. The molecule has 3 fully saturated rings. The van der Waals surface area contributed by atoms with Crippen LogP contribution < -0.4 is 0 Å². The number of hydrogen-bond donors (Lipinski definition) is 0. The van der Waals surface area contributed by atoms with Crippen molar-refractivity contribution in [3.8, 4) is 0 Å². The summed E-state index contributed by atoms with van der Waals surface area (Å²) in [5, 5.41) is 0. The van der Waals surface area contributed by atoms with Crippen LogP contribution in [-0.4, -0.2) is 26.4 Å². The van der Waals surface area contributed by atoms with Crippen LogP contribution in [-0.2, 0) is 16.1 Å². The van der Waals surface area contributed by atoms with Gasteiger partial charge in [0, 0.05) is 9.65 Å². The van der Waals surface area contributed by atoms with Gasteiger partial charge in [0.2, 0.25) is 11.8 Å². The largest absolute Gasteiger partial charge is 0.467 e. The number of imide groups is 1. The molecule has 0 spiro atoms. The van der Waals surface area contributed by atoms with E-state index >= 15 is 0 Å². The fraction of sp³-hybridized carbons (Fsp3) is 0.571. The molecule has 2 bridgehead atoms. The molecule has 0 aromatic carbocycles. The number of fused-ring (bicyclic) bond motifs is 5. The van der Waals surface area contributed by atoms with Gasteiger partial charge in [-0.3, -0.25) is 14.5 Å². The van der Waals surface area contributed by atoms with Crippen LogP contribution in [0.3, 0.4) is 0 Å². The highest BCUT2D eigenvalue weighted by Gasteiger charge is 2.66. The van der Waals surface area contributed by atoms with Gasteiger partial charge in [0.05, 0.1) is 24.6 Å². The molecule has 0 unspecified atom stereocenters. The summed E-state index contributed by atoms with van der Waals surface area (Å²) in [6.45, 7) is 0.261. The Balaban J connectivity index is 1.64. The minimum absolute atomic E-state index is 0.0206. The maximum atomic E-state index is 12.6. The van der Waals surface area contributed by atoms with Crippen molar-refractivity contribution < 1.29 is 14.0 Å². The molecular weight excluding hydrogens is 390 g/mol. The number of rotatable bonds is 2. The average molecular weight is 403 g/mol. The second-order valence-corrected chi connectivity index (χ2v) is 7.96. The normalized spacial score (nSPS) is 42.6. The third-order valence-corrected chi connectivity index (χ3v) is 8.18. The SMILES string of the molecule is O=C1[C@@H]2[C@H]3C[C@H]([C@H](Br)[C@@H]3Br)[C@@H]2C(=O)N1Cc1ccco1. The molecule has 20 heavy (non-hydrogen) atoms. The van der Waals surface area contributed by atoms with Crippen LogP contribution in [0.4, 0.5) is 0 Å². The van der Waals surface area contributed by atoms with Crippen molar-refractivity contribution in [2.75, 3.05) is 0 Å². The van der Waals surface area contributed by atoms with E-state index in [-0.39, 0.29) is 51.7 Å². The molecular formula is C14H13Br2NO3. The third kappa shape index (κ3) is 1.58. The Morgan fingerprint density at radius 3 is 2.25 bits per heavy atom. The van der Waals surface area contributed by atoms with Crippen LogP contribution in [0.1, 0.15) is 12.2 Å². The highest BCUT2D eigenvalue weighted by molar-refractivity contribution is 9.12. The van der Waals surface area contributed by atoms with Crippen LogP contribution >= 0.6 is 31.9 Å². The average Bonchev–Trinajstić information content (AvgIpc) is 3.15. The van der Waals surface area contributed by atoms with Crippen molar-refractivity contribution in [1.82, 2.24) is 4.90 Å². The number of hydrogen-bond acceptors (Lipinski definition) is 3. The Kier molecular flexibility index (Phi) is 2.90. The van der Waals surface area contributed by atoms with E-state index in [0.29, 0.717) is 5.76 Å². The van der Waals surface area contributed by atoms with E-state index in [2.05, 4.69) is 31.9 Å². The molecule has 1 saturated heterocycles. The molecule has 0 N–H and O–H groups in total. The molecule has 1 aromatic heterocycles. The number of nitrogens with zero attached hydrogens (tertiary/aromatic N) is 1. The number of carbonyl (C=O) groups excluding carboxylic acids is 2. The molecule has 6 atom stereocenters. The third-order valence-electron chi connectivity index (χ3n) is 4.97. The molecule has 3 aliphatic rings. The molecule has 2 saturated carbocycles. The van der Waals surface area contributed by atoms with E-state index in [0.717, 1.165) is 6.42 Å². The summed E-state index contributed by atoms with van der Waals surface area (Å²) in [6.07, 6.45) is 2.53. The summed E-state index contributed by atoms with van der Waals surface area (Å²) in [4.78, 5) is 27.1. The summed E-state index contributed by atoms with van der Waals surface area (Å²) in [5.41, 5.74) is 0. The maximum Gasteiger partial charge on any atom is 0.233 e. The van der Waals surface area contributed by atoms with Gasteiger partial charge in [0.25, 0.3) is 0 Å². The first-order chi connectivity index (χ1) is 9.59. The Labute approximate surface area is 133 Å². The lowest BCUT2D eigenvalue weighted by molar-refractivity contribution is -0.141. The first-order valence-electron chi connectivity index (χ1n) is 6.75. The van der Waals surface area contributed by atoms with Gasteiger partial charge in [0.15, 0.2) is 0 Å². The van der Waals surface area contributed by atoms with Gasteiger partial charge < -0.3 is 4.42 Å². The fourth-order valence-electron chi connectivity index (χ4n) is 4.12. The Hall–Kier alpha value is -0.620. The Morgan fingerprint density at radius 1 is 1.15 bits per heavy atom. The van der Waals surface area contributed by atoms with Crippen LogP contribution in [0.5, 0.6) is 0 Å². The Morgan fingerprint density at radius 2 is 1.75 bits per heavy atom. The zero-order chi connectivity index (χ0) is 14.0. The van der Waals surface area contributed by atoms with Crippen LogP contribution in [0, 0.1) is 23.7 Å². The molecule has 6 heteroatoms.